The molecule has 7 nitrogen and oxygen atoms in total. The molecule has 1 saturated carbocycles. The van der Waals surface area contributed by atoms with Crippen molar-refractivity contribution in [1.82, 2.24) is 15.5 Å². The number of ether oxygens (including phenoxy) is 1. The molecule has 0 aliphatic heterocycles. The molecule has 220 valence electrons. The smallest absolute Gasteiger partial charge is 0.408 e. The lowest BCUT2D eigenvalue weighted by molar-refractivity contribution is -0.143. The van der Waals surface area contributed by atoms with Gasteiger partial charge in [0.05, 0.1) is 0 Å². The lowest BCUT2D eigenvalue weighted by Gasteiger charge is -2.36. The normalized spacial score (nSPS) is 15.8. The van der Waals surface area contributed by atoms with Gasteiger partial charge in [-0.05, 0) is 89.0 Å². The van der Waals surface area contributed by atoms with E-state index in [0.29, 0.717) is 18.7 Å². The molecule has 39 heavy (non-hydrogen) atoms. The number of aryl methyl sites for hydroxylation is 2. The minimum absolute atomic E-state index is 0.125. The van der Waals surface area contributed by atoms with Crippen LogP contribution in [0.4, 0.5) is 4.79 Å². The van der Waals surface area contributed by atoms with E-state index >= 15 is 0 Å². The summed E-state index contributed by atoms with van der Waals surface area (Å²) in [4.78, 5) is 42.7. The number of nitrogens with zero attached hydrogens (tertiary/aromatic N) is 1. The molecule has 0 spiro atoms. The highest BCUT2D eigenvalue weighted by Crippen LogP contribution is 2.27. The van der Waals surface area contributed by atoms with Crippen LogP contribution in [0.3, 0.4) is 0 Å². The predicted octanol–water partition coefficient (Wildman–Crippen LogP) is 6.46. The van der Waals surface area contributed by atoms with Crippen molar-refractivity contribution in [3.8, 4) is 0 Å². The van der Waals surface area contributed by atoms with Crippen LogP contribution in [0.15, 0.2) is 18.2 Å². The van der Waals surface area contributed by atoms with E-state index in [-0.39, 0.29) is 17.9 Å². The number of hydrogen-bond donors (Lipinski definition) is 2. The summed E-state index contributed by atoms with van der Waals surface area (Å²) < 4.78 is 5.49. The Morgan fingerprint density at radius 3 is 2.36 bits per heavy atom. The van der Waals surface area contributed by atoms with Crippen LogP contribution in [0.25, 0.3) is 0 Å². The van der Waals surface area contributed by atoms with Crippen LogP contribution in [0, 0.1) is 13.8 Å². The van der Waals surface area contributed by atoms with E-state index in [1.807, 2.05) is 38.3 Å². The monoisotopic (exact) mass is 561 g/mol. The molecule has 8 heteroatoms. The number of rotatable bonds is 13. The van der Waals surface area contributed by atoms with Gasteiger partial charge in [-0.25, -0.2) is 4.79 Å². The number of alkyl carbamates (subject to hydrolysis) is 1. The van der Waals surface area contributed by atoms with Crippen molar-refractivity contribution in [1.29, 1.82) is 0 Å². The molecule has 1 fully saturated rings. The van der Waals surface area contributed by atoms with E-state index in [4.69, 9.17) is 4.74 Å². The largest absolute Gasteiger partial charge is 0.444 e. The molecule has 1 aromatic carbocycles. The number of carbonyl (C=O) groups excluding carboxylic acids is 3. The Balaban J connectivity index is 2.48. The fourth-order valence-electron chi connectivity index (χ4n) is 4.98. The summed E-state index contributed by atoms with van der Waals surface area (Å²) in [6, 6.07) is 4.58. The number of hydrogen-bond acceptors (Lipinski definition) is 5. The summed E-state index contributed by atoms with van der Waals surface area (Å²) in [7, 11) is 0. The van der Waals surface area contributed by atoms with Gasteiger partial charge in [0.25, 0.3) is 0 Å². The van der Waals surface area contributed by atoms with E-state index in [0.717, 1.165) is 61.6 Å². The van der Waals surface area contributed by atoms with Crippen LogP contribution >= 0.6 is 11.8 Å². The molecule has 3 amide bonds. The Kier molecular flexibility index (Phi) is 13.7. The molecule has 0 aromatic heterocycles. The maximum absolute atomic E-state index is 14.3. The summed E-state index contributed by atoms with van der Waals surface area (Å²) in [6.45, 7) is 12.0. The molecule has 1 aliphatic carbocycles. The number of amides is 3. The summed E-state index contributed by atoms with van der Waals surface area (Å²) in [6.07, 6.45) is 9.87. The number of unbranched alkanes of at least 4 members (excludes halogenated alkanes) is 2. The van der Waals surface area contributed by atoms with E-state index in [1.165, 1.54) is 6.42 Å². The second-order valence-corrected chi connectivity index (χ2v) is 12.8. The van der Waals surface area contributed by atoms with Gasteiger partial charge in [0.15, 0.2) is 0 Å². The molecular weight excluding hydrogens is 510 g/mol. The zero-order chi connectivity index (χ0) is 29.0. The zero-order valence-corrected chi connectivity index (χ0v) is 26.0. The molecule has 0 radical (unpaired) electrons. The van der Waals surface area contributed by atoms with Crippen molar-refractivity contribution >= 4 is 29.7 Å². The number of benzene rings is 1. The van der Waals surface area contributed by atoms with Crippen LogP contribution in [0.2, 0.25) is 0 Å². The zero-order valence-electron chi connectivity index (χ0n) is 25.2. The first-order valence-corrected chi connectivity index (χ1v) is 16.0. The van der Waals surface area contributed by atoms with Gasteiger partial charge in [0, 0.05) is 12.6 Å². The topological polar surface area (TPSA) is 87.7 Å². The van der Waals surface area contributed by atoms with Crippen molar-refractivity contribution in [2.24, 2.45) is 0 Å². The van der Waals surface area contributed by atoms with Crippen molar-refractivity contribution in [2.45, 2.75) is 123 Å². The molecule has 0 heterocycles. The third-order valence-corrected chi connectivity index (χ3v) is 7.89. The van der Waals surface area contributed by atoms with Crippen LogP contribution in [0.5, 0.6) is 0 Å². The molecule has 2 unspecified atom stereocenters. The Labute approximate surface area is 240 Å². The maximum atomic E-state index is 14.3. The number of thioether (sulfide) groups is 1. The number of nitrogens with one attached hydrogen (secondary N) is 2. The molecule has 1 aromatic rings. The molecule has 2 atom stereocenters. The molecule has 0 bridgehead atoms. The van der Waals surface area contributed by atoms with Gasteiger partial charge in [-0.15, -0.1) is 0 Å². The van der Waals surface area contributed by atoms with Gasteiger partial charge in [-0.2, -0.15) is 11.8 Å². The first-order chi connectivity index (χ1) is 18.5. The molecule has 1 aliphatic rings. The second-order valence-electron chi connectivity index (χ2n) is 11.8. The Morgan fingerprint density at radius 2 is 1.77 bits per heavy atom. The fourth-order valence-corrected chi connectivity index (χ4v) is 5.45. The van der Waals surface area contributed by atoms with Gasteiger partial charge in [0.2, 0.25) is 11.8 Å². The molecule has 2 N–H and O–H groups in total. The quantitative estimate of drug-likeness (QED) is 0.270. The summed E-state index contributed by atoms with van der Waals surface area (Å²) in [5.74, 6) is 0.307. The van der Waals surface area contributed by atoms with Crippen LogP contribution < -0.4 is 10.6 Å². The Morgan fingerprint density at radius 1 is 1.08 bits per heavy atom. The van der Waals surface area contributed by atoms with Gasteiger partial charge in [-0.1, -0.05) is 57.2 Å². The summed E-state index contributed by atoms with van der Waals surface area (Å²) in [5, 5.41) is 6.11. The third-order valence-electron chi connectivity index (χ3n) is 7.24. The van der Waals surface area contributed by atoms with Gasteiger partial charge in [-0.3, -0.25) is 9.59 Å². The SMILES string of the molecule is CCCCCN(C(=O)C(CCSC)NC(=O)OC(C)(C)C)C(C(=O)NC1CCCCC1)c1ccc(C)c(C)c1. The standard InChI is InChI=1S/C31H51N3O4S/c1-8-9-13-19-34(29(36)26(18-20-39-7)33-30(37)38-31(4,5)6)27(24-17-16-22(2)23(3)21-24)28(35)32-25-14-11-10-12-15-25/h16-17,21,25-27H,8-15,18-20H2,1-7H3,(H,32,35)(H,33,37). The van der Waals surface area contributed by atoms with Gasteiger partial charge in [0.1, 0.15) is 17.7 Å². The molecule has 2 rings (SSSR count). The van der Waals surface area contributed by atoms with Crippen LogP contribution in [-0.2, 0) is 14.3 Å². The van der Waals surface area contributed by atoms with Crippen molar-refractivity contribution < 1.29 is 19.1 Å². The second kappa shape index (κ2) is 16.1. The first-order valence-electron chi connectivity index (χ1n) is 14.6. The third kappa shape index (κ3) is 11.1. The summed E-state index contributed by atoms with van der Waals surface area (Å²) >= 11 is 1.62. The van der Waals surface area contributed by atoms with E-state index in [2.05, 4.69) is 17.6 Å². The van der Waals surface area contributed by atoms with E-state index < -0.39 is 23.8 Å². The molecule has 0 saturated heterocycles. The predicted molar refractivity (Wildman–Crippen MR) is 161 cm³/mol. The highest BCUT2D eigenvalue weighted by atomic mass is 32.2. The summed E-state index contributed by atoms with van der Waals surface area (Å²) in [5.41, 5.74) is 2.34. The van der Waals surface area contributed by atoms with Crippen molar-refractivity contribution in [2.75, 3.05) is 18.6 Å². The fraction of sp³-hybridized carbons (Fsp3) is 0.710. The first kappa shape index (κ1) is 33.0. The van der Waals surface area contributed by atoms with E-state index in [1.54, 1.807) is 37.4 Å². The minimum atomic E-state index is -0.787. The Hall–Kier alpha value is -2.22. The van der Waals surface area contributed by atoms with Crippen molar-refractivity contribution in [3.63, 3.8) is 0 Å². The highest BCUT2D eigenvalue weighted by molar-refractivity contribution is 7.98. The van der Waals surface area contributed by atoms with Crippen LogP contribution in [0.1, 0.15) is 108 Å². The highest BCUT2D eigenvalue weighted by Gasteiger charge is 2.36. The average Bonchev–Trinajstić information content (AvgIpc) is 2.87. The van der Waals surface area contributed by atoms with E-state index in [9.17, 15) is 14.4 Å². The minimum Gasteiger partial charge on any atom is -0.444 e. The van der Waals surface area contributed by atoms with Crippen molar-refractivity contribution in [3.05, 3.63) is 34.9 Å². The average molecular weight is 562 g/mol. The van der Waals surface area contributed by atoms with Gasteiger partial charge < -0.3 is 20.3 Å². The lowest BCUT2D eigenvalue weighted by atomic mass is 9.94. The van der Waals surface area contributed by atoms with Crippen LogP contribution in [-0.4, -0.2) is 59.0 Å². The lowest BCUT2D eigenvalue weighted by Crippen LogP contribution is -2.54. The number of carbonyl (C=O) groups is 3. The molecular formula is C31H51N3O4S. The van der Waals surface area contributed by atoms with Gasteiger partial charge >= 0.3 is 6.09 Å². The maximum Gasteiger partial charge on any atom is 0.408 e. The Bertz CT molecular complexity index is 940.